The van der Waals surface area contributed by atoms with Gasteiger partial charge in [-0.25, -0.2) is 0 Å². The van der Waals surface area contributed by atoms with Gasteiger partial charge in [0, 0.05) is 0 Å². The maximum absolute atomic E-state index is 10.4. The molecular weight excluding hydrogens is 178 g/mol. The number of hydrogen-bond acceptors (Lipinski definition) is 2. The molecule has 0 bridgehead atoms. The first-order valence-electron chi connectivity index (χ1n) is 5.03. The van der Waals surface area contributed by atoms with E-state index in [4.69, 9.17) is 10.8 Å². The number of carbonyl (C=O) groups is 1. The van der Waals surface area contributed by atoms with Crippen LogP contribution < -0.4 is 5.73 Å². The Balaban J connectivity index is 2.18. The van der Waals surface area contributed by atoms with E-state index in [0.29, 0.717) is 6.42 Å². The van der Waals surface area contributed by atoms with Crippen LogP contribution in [0.5, 0.6) is 0 Å². The molecule has 1 atom stereocenters. The topological polar surface area (TPSA) is 63.3 Å². The monoisotopic (exact) mass is 195 g/mol. The van der Waals surface area contributed by atoms with Crippen molar-refractivity contribution in [3.63, 3.8) is 0 Å². The number of nitrogens with two attached hydrogens (primary N) is 1. The summed E-state index contributed by atoms with van der Waals surface area (Å²) in [6.07, 6.45) is 11.0. The van der Waals surface area contributed by atoms with Gasteiger partial charge in [0.15, 0.2) is 0 Å². The zero-order chi connectivity index (χ0) is 10.4. The first-order chi connectivity index (χ1) is 6.70. The SMILES string of the molecule is N[C@H](CCCC1=CC=CCC1)C(=O)O. The Morgan fingerprint density at radius 1 is 1.64 bits per heavy atom. The lowest BCUT2D eigenvalue weighted by atomic mass is 9.98. The Hall–Kier alpha value is -1.09. The van der Waals surface area contributed by atoms with Gasteiger partial charge in [0.25, 0.3) is 0 Å². The van der Waals surface area contributed by atoms with E-state index >= 15 is 0 Å². The number of rotatable bonds is 5. The van der Waals surface area contributed by atoms with Gasteiger partial charge in [-0.3, -0.25) is 4.79 Å². The van der Waals surface area contributed by atoms with Crippen molar-refractivity contribution in [2.75, 3.05) is 0 Å². The van der Waals surface area contributed by atoms with Crippen LogP contribution >= 0.6 is 0 Å². The molecule has 0 aromatic heterocycles. The highest BCUT2D eigenvalue weighted by Gasteiger charge is 2.10. The fraction of sp³-hybridized carbons (Fsp3) is 0.545. The van der Waals surface area contributed by atoms with Gasteiger partial charge in [0.1, 0.15) is 6.04 Å². The van der Waals surface area contributed by atoms with Crippen LogP contribution in [0.2, 0.25) is 0 Å². The summed E-state index contributed by atoms with van der Waals surface area (Å²) in [5, 5.41) is 8.57. The first-order valence-corrected chi connectivity index (χ1v) is 5.03. The number of aliphatic carboxylic acids is 1. The quantitative estimate of drug-likeness (QED) is 0.703. The van der Waals surface area contributed by atoms with E-state index in [1.165, 1.54) is 5.57 Å². The van der Waals surface area contributed by atoms with E-state index in [2.05, 4.69) is 18.2 Å². The summed E-state index contributed by atoms with van der Waals surface area (Å²) in [4.78, 5) is 10.4. The van der Waals surface area contributed by atoms with Gasteiger partial charge in [-0.1, -0.05) is 23.8 Å². The molecule has 0 radical (unpaired) electrons. The van der Waals surface area contributed by atoms with E-state index in [-0.39, 0.29) is 0 Å². The Bertz CT molecular complexity index is 256. The first kappa shape index (κ1) is 11.0. The second-order valence-electron chi connectivity index (χ2n) is 3.63. The summed E-state index contributed by atoms with van der Waals surface area (Å²) >= 11 is 0. The van der Waals surface area contributed by atoms with Gasteiger partial charge in [-0.2, -0.15) is 0 Å². The van der Waals surface area contributed by atoms with Crippen LogP contribution in [0.15, 0.2) is 23.8 Å². The highest BCUT2D eigenvalue weighted by molar-refractivity contribution is 5.72. The second kappa shape index (κ2) is 5.60. The lowest BCUT2D eigenvalue weighted by Gasteiger charge is -2.10. The zero-order valence-electron chi connectivity index (χ0n) is 8.28. The molecule has 0 aliphatic heterocycles. The fourth-order valence-electron chi connectivity index (χ4n) is 1.53. The van der Waals surface area contributed by atoms with E-state index in [9.17, 15) is 4.79 Å². The van der Waals surface area contributed by atoms with Gasteiger partial charge in [0.2, 0.25) is 0 Å². The number of hydrogen-bond donors (Lipinski definition) is 2. The summed E-state index contributed by atoms with van der Waals surface area (Å²) in [5.41, 5.74) is 6.81. The zero-order valence-corrected chi connectivity index (χ0v) is 8.28. The Morgan fingerprint density at radius 2 is 2.43 bits per heavy atom. The standard InChI is InChI=1S/C11H17NO2/c12-10(11(13)14)8-4-7-9-5-2-1-3-6-9/h1-2,5,10H,3-4,6-8,12H2,(H,13,14)/t10-/m1/s1. The van der Waals surface area contributed by atoms with Crippen LogP contribution in [0.1, 0.15) is 32.1 Å². The normalized spacial score (nSPS) is 17.6. The third-order valence-electron chi connectivity index (χ3n) is 2.43. The number of carboxylic acids is 1. The molecule has 1 aliphatic rings. The lowest BCUT2D eigenvalue weighted by molar-refractivity contribution is -0.138. The van der Waals surface area contributed by atoms with E-state index in [0.717, 1.165) is 25.7 Å². The van der Waals surface area contributed by atoms with Gasteiger partial charge in [0.05, 0.1) is 0 Å². The Morgan fingerprint density at radius 3 is 3.00 bits per heavy atom. The molecule has 0 amide bonds. The molecule has 0 spiro atoms. The van der Waals surface area contributed by atoms with Crippen molar-refractivity contribution in [3.05, 3.63) is 23.8 Å². The smallest absolute Gasteiger partial charge is 0.320 e. The molecule has 14 heavy (non-hydrogen) atoms. The van der Waals surface area contributed by atoms with Crippen LogP contribution in [0.25, 0.3) is 0 Å². The van der Waals surface area contributed by atoms with Crippen molar-refractivity contribution in [1.29, 1.82) is 0 Å². The van der Waals surface area contributed by atoms with Crippen LogP contribution in [0.4, 0.5) is 0 Å². The number of carboxylic acid groups (broad SMARTS) is 1. The highest BCUT2D eigenvalue weighted by Crippen LogP contribution is 2.18. The maximum atomic E-state index is 10.4. The van der Waals surface area contributed by atoms with E-state index in [1.54, 1.807) is 0 Å². The average molecular weight is 195 g/mol. The van der Waals surface area contributed by atoms with Gasteiger partial charge in [-0.15, -0.1) is 0 Å². The lowest BCUT2D eigenvalue weighted by Crippen LogP contribution is -2.29. The van der Waals surface area contributed by atoms with Crippen molar-refractivity contribution in [2.45, 2.75) is 38.1 Å². The van der Waals surface area contributed by atoms with Gasteiger partial charge in [-0.05, 0) is 32.1 Å². The summed E-state index contributed by atoms with van der Waals surface area (Å²) < 4.78 is 0. The number of allylic oxidation sites excluding steroid dienone is 4. The minimum atomic E-state index is -0.900. The van der Waals surface area contributed by atoms with Crippen molar-refractivity contribution in [1.82, 2.24) is 0 Å². The molecule has 3 N–H and O–H groups in total. The molecule has 1 aliphatic carbocycles. The molecule has 0 heterocycles. The van der Waals surface area contributed by atoms with Gasteiger partial charge < -0.3 is 10.8 Å². The summed E-state index contributed by atoms with van der Waals surface area (Å²) in [6, 6.07) is -0.699. The minimum Gasteiger partial charge on any atom is -0.480 e. The van der Waals surface area contributed by atoms with Crippen molar-refractivity contribution < 1.29 is 9.90 Å². The Labute approximate surface area is 84.3 Å². The van der Waals surface area contributed by atoms with Crippen LogP contribution in [0.3, 0.4) is 0 Å². The molecule has 0 aromatic carbocycles. The van der Waals surface area contributed by atoms with E-state index in [1.807, 2.05) is 0 Å². The third kappa shape index (κ3) is 3.75. The Kier molecular flexibility index (Phi) is 4.40. The molecular formula is C11H17NO2. The summed E-state index contributed by atoms with van der Waals surface area (Å²) in [7, 11) is 0. The molecule has 0 saturated heterocycles. The van der Waals surface area contributed by atoms with Crippen LogP contribution in [-0.2, 0) is 4.79 Å². The molecule has 3 heteroatoms. The molecule has 1 rings (SSSR count). The maximum Gasteiger partial charge on any atom is 0.320 e. The summed E-state index contributed by atoms with van der Waals surface area (Å²) in [5.74, 6) is -0.900. The fourth-order valence-corrected chi connectivity index (χ4v) is 1.53. The van der Waals surface area contributed by atoms with Crippen LogP contribution in [0, 0.1) is 0 Å². The summed E-state index contributed by atoms with van der Waals surface area (Å²) in [6.45, 7) is 0. The van der Waals surface area contributed by atoms with Gasteiger partial charge >= 0.3 is 5.97 Å². The average Bonchev–Trinajstić information content (AvgIpc) is 2.19. The molecule has 78 valence electrons. The predicted molar refractivity (Wildman–Crippen MR) is 55.9 cm³/mol. The largest absolute Gasteiger partial charge is 0.480 e. The molecule has 0 unspecified atom stereocenters. The second-order valence-corrected chi connectivity index (χ2v) is 3.63. The molecule has 0 aromatic rings. The van der Waals surface area contributed by atoms with Crippen molar-refractivity contribution in [2.24, 2.45) is 5.73 Å². The molecule has 0 fully saturated rings. The van der Waals surface area contributed by atoms with E-state index < -0.39 is 12.0 Å². The predicted octanol–water partition coefficient (Wildman–Crippen LogP) is 1.84. The highest BCUT2D eigenvalue weighted by atomic mass is 16.4. The van der Waals surface area contributed by atoms with Crippen molar-refractivity contribution in [3.8, 4) is 0 Å². The third-order valence-corrected chi connectivity index (χ3v) is 2.43. The van der Waals surface area contributed by atoms with Crippen LogP contribution in [-0.4, -0.2) is 17.1 Å². The van der Waals surface area contributed by atoms with Crippen molar-refractivity contribution >= 4 is 5.97 Å². The minimum absolute atomic E-state index is 0.566. The molecule has 0 saturated carbocycles. The molecule has 3 nitrogen and oxygen atoms in total.